The lowest BCUT2D eigenvalue weighted by Crippen LogP contribution is -2.50. The first-order valence-electron chi connectivity index (χ1n) is 11.2. The van der Waals surface area contributed by atoms with Crippen molar-refractivity contribution in [2.75, 3.05) is 26.2 Å². The summed E-state index contributed by atoms with van der Waals surface area (Å²) in [4.78, 5) is 25.9. The van der Waals surface area contributed by atoms with Crippen LogP contribution in [0, 0.1) is 10.8 Å². The number of amides is 1. The maximum Gasteiger partial charge on any atom is 0.313 e. The molecule has 1 aliphatic rings. The van der Waals surface area contributed by atoms with Gasteiger partial charge in [0.25, 0.3) is 5.91 Å². The van der Waals surface area contributed by atoms with Crippen molar-refractivity contribution < 1.29 is 14.3 Å². The van der Waals surface area contributed by atoms with Crippen LogP contribution in [0.1, 0.15) is 39.2 Å². The average Bonchev–Trinajstić information content (AvgIpc) is 2.84. The van der Waals surface area contributed by atoms with E-state index >= 15 is 0 Å². The van der Waals surface area contributed by atoms with Crippen LogP contribution in [-0.4, -0.2) is 44.3 Å². The van der Waals surface area contributed by atoms with Crippen LogP contribution in [-0.2, 0) is 20.9 Å². The molecule has 0 aromatic heterocycles. The molecule has 8 nitrogen and oxygen atoms in total. The Hall–Kier alpha value is -2.55. The highest BCUT2D eigenvalue weighted by atomic mass is 35.5. The van der Waals surface area contributed by atoms with E-state index < -0.39 is 11.3 Å². The number of piperidine rings is 1. The highest BCUT2D eigenvalue weighted by Crippen LogP contribution is 2.30. The predicted octanol–water partition coefficient (Wildman–Crippen LogP) is 3.51. The number of allylic oxidation sites excluding steroid dienone is 2. The van der Waals surface area contributed by atoms with Crippen molar-refractivity contribution >= 4 is 41.3 Å². The van der Waals surface area contributed by atoms with Crippen LogP contribution in [0.25, 0.3) is 0 Å². The molecule has 1 amide bonds. The molecule has 5 N–H and O–H groups in total. The van der Waals surface area contributed by atoms with E-state index in [4.69, 9.17) is 33.3 Å². The van der Waals surface area contributed by atoms with Crippen LogP contribution >= 0.6 is 23.2 Å². The van der Waals surface area contributed by atoms with Gasteiger partial charge < -0.3 is 31.4 Å². The summed E-state index contributed by atoms with van der Waals surface area (Å²) in [7, 11) is 0. The van der Waals surface area contributed by atoms with Gasteiger partial charge in [-0.3, -0.25) is 9.59 Å². The Morgan fingerprint density at radius 3 is 2.50 bits per heavy atom. The fraction of sp³-hybridized carbons (Fsp3) is 0.458. The van der Waals surface area contributed by atoms with E-state index in [9.17, 15) is 9.59 Å². The first kappa shape index (κ1) is 27.7. The van der Waals surface area contributed by atoms with Gasteiger partial charge in [-0.1, -0.05) is 29.3 Å². The van der Waals surface area contributed by atoms with Crippen LogP contribution in [0.3, 0.4) is 0 Å². The van der Waals surface area contributed by atoms with Gasteiger partial charge >= 0.3 is 5.97 Å². The molecule has 0 spiro atoms. The van der Waals surface area contributed by atoms with Crippen molar-refractivity contribution in [3.8, 4) is 0 Å². The summed E-state index contributed by atoms with van der Waals surface area (Å²) in [5.41, 5.74) is 0.845. The maximum absolute atomic E-state index is 13.1. The lowest BCUT2D eigenvalue weighted by atomic mass is 9.78. The van der Waals surface area contributed by atoms with Gasteiger partial charge in [0, 0.05) is 19.3 Å². The molecule has 34 heavy (non-hydrogen) atoms. The standard InChI is InChI=1S/C24H33Cl2N5O3/c1-4-20(29-14-17-6-7-18(25)19(26)12-17)31-22(32)21(16(3)13-27)30-15-24(23(33)34-5-2)8-10-28-11-9-24/h4,6-7,12-13,27-30H,5,8-11,14-15H2,1-3H3,(H,31,32)/b20-4+,21-16-,27-13?. The number of hydrogen-bond donors (Lipinski definition) is 5. The number of esters is 1. The number of carbonyl (C=O) groups excluding carboxylic acids is 2. The minimum Gasteiger partial charge on any atom is -0.466 e. The summed E-state index contributed by atoms with van der Waals surface area (Å²) in [5, 5.41) is 21.0. The molecule has 10 heteroatoms. The summed E-state index contributed by atoms with van der Waals surface area (Å²) >= 11 is 12.0. The average molecular weight is 510 g/mol. The van der Waals surface area contributed by atoms with E-state index in [1.165, 1.54) is 0 Å². The molecule has 0 radical (unpaired) electrons. The van der Waals surface area contributed by atoms with Gasteiger partial charge in [0.05, 0.1) is 22.1 Å². The maximum atomic E-state index is 13.1. The second kappa shape index (κ2) is 13.4. The summed E-state index contributed by atoms with van der Waals surface area (Å²) in [5.74, 6) is -0.187. The molecule has 0 saturated carbocycles. The van der Waals surface area contributed by atoms with Gasteiger partial charge in [0.1, 0.15) is 11.5 Å². The SMILES string of the molecule is C/C=C(\NCc1ccc(Cl)c(Cl)c1)NC(=O)/C(NCC1(C(=O)OCC)CCNCC1)=C(\C)C=N. The summed E-state index contributed by atoms with van der Waals surface area (Å²) < 4.78 is 5.33. The third-order valence-corrected chi connectivity index (χ3v) is 6.45. The van der Waals surface area contributed by atoms with Gasteiger partial charge in [0.15, 0.2) is 0 Å². The quantitative estimate of drug-likeness (QED) is 0.177. The molecule has 1 aromatic carbocycles. The molecule has 2 rings (SSSR count). The van der Waals surface area contributed by atoms with Crippen molar-refractivity contribution in [2.45, 2.75) is 40.2 Å². The molecule has 186 valence electrons. The number of ether oxygens (including phenoxy) is 1. The van der Waals surface area contributed by atoms with Gasteiger partial charge in [0.2, 0.25) is 0 Å². The van der Waals surface area contributed by atoms with Crippen LogP contribution < -0.4 is 21.3 Å². The fourth-order valence-electron chi connectivity index (χ4n) is 3.62. The lowest BCUT2D eigenvalue weighted by molar-refractivity contribution is -0.157. The molecule has 1 saturated heterocycles. The monoisotopic (exact) mass is 509 g/mol. The number of benzene rings is 1. The Morgan fingerprint density at radius 1 is 1.21 bits per heavy atom. The Labute approximate surface area is 211 Å². The fourth-order valence-corrected chi connectivity index (χ4v) is 3.94. The minimum atomic E-state index is -0.732. The minimum absolute atomic E-state index is 0.230. The number of hydrogen-bond acceptors (Lipinski definition) is 7. The Morgan fingerprint density at radius 2 is 1.91 bits per heavy atom. The molecule has 1 aromatic rings. The molecule has 0 bridgehead atoms. The van der Waals surface area contributed by atoms with Crippen molar-refractivity contribution in [1.29, 1.82) is 5.41 Å². The zero-order chi connectivity index (χ0) is 25.1. The summed E-state index contributed by atoms with van der Waals surface area (Å²) in [6.45, 7) is 7.59. The Bertz CT molecular complexity index is 956. The van der Waals surface area contributed by atoms with Crippen molar-refractivity contribution in [3.63, 3.8) is 0 Å². The van der Waals surface area contributed by atoms with Crippen molar-refractivity contribution in [3.05, 3.63) is 57.0 Å². The second-order valence-electron chi connectivity index (χ2n) is 8.07. The second-order valence-corrected chi connectivity index (χ2v) is 8.88. The van der Waals surface area contributed by atoms with E-state index in [1.807, 2.05) is 6.07 Å². The number of halogens is 2. The molecular weight excluding hydrogens is 477 g/mol. The normalized spacial score (nSPS) is 16.2. The number of rotatable bonds is 11. The van der Waals surface area contributed by atoms with E-state index in [0.29, 0.717) is 60.5 Å². The van der Waals surface area contributed by atoms with Crippen molar-refractivity contribution in [2.24, 2.45) is 5.41 Å². The third kappa shape index (κ3) is 7.48. The highest BCUT2D eigenvalue weighted by molar-refractivity contribution is 6.42. The zero-order valence-corrected chi connectivity index (χ0v) is 21.3. The van der Waals surface area contributed by atoms with Crippen LogP contribution in [0.4, 0.5) is 0 Å². The van der Waals surface area contributed by atoms with E-state index in [2.05, 4.69) is 21.3 Å². The first-order chi connectivity index (χ1) is 16.3. The highest BCUT2D eigenvalue weighted by Gasteiger charge is 2.41. The van der Waals surface area contributed by atoms with E-state index in [0.717, 1.165) is 11.8 Å². The third-order valence-electron chi connectivity index (χ3n) is 5.71. The van der Waals surface area contributed by atoms with Gasteiger partial charge in [-0.15, -0.1) is 0 Å². The molecule has 1 aliphatic heterocycles. The molecule has 0 atom stereocenters. The van der Waals surface area contributed by atoms with Crippen LogP contribution in [0.2, 0.25) is 10.0 Å². The molecular formula is C24H33Cl2N5O3. The zero-order valence-electron chi connectivity index (χ0n) is 19.8. The van der Waals surface area contributed by atoms with Crippen molar-refractivity contribution in [1.82, 2.24) is 21.3 Å². The summed E-state index contributed by atoms with van der Waals surface area (Å²) in [6, 6.07) is 5.31. The number of carbonyl (C=O) groups is 2. The van der Waals surface area contributed by atoms with Gasteiger partial charge in [-0.25, -0.2) is 0 Å². The predicted molar refractivity (Wildman–Crippen MR) is 136 cm³/mol. The topological polar surface area (TPSA) is 115 Å². The lowest BCUT2D eigenvalue weighted by Gasteiger charge is -2.35. The number of nitrogens with one attached hydrogen (secondary N) is 5. The first-order valence-corrected chi connectivity index (χ1v) is 12.0. The summed E-state index contributed by atoms with van der Waals surface area (Å²) in [6.07, 6.45) is 4.05. The van der Waals surface area contributed by atoms with Crippen LogP contribution in [0.5, 0.6) is 0 Å². The largest absolute Gasteiger partial charge is 0.466 e. The van der Waals surface area contributed by atoms with Crippen LogP contribution in [0.15, 0.2) is 41.4 Å². The molecule has 0 aliphatic carbocycles. The van der Waals surface area contributed by atoms with E-state index in [1.54, 1.807) is 39.0 Å². The Balaban J connectivity index is 2.09. The smallest absolute Gasteiger partial charge is 0.313 e. The molecule has 1 fully saturated rings. The Kier molecular flexibility index (Phi) is 10.9. The molecule has 1 heterocycles. The van der Waals surface area contributed by atoms with E-state index in [-0.39, 0.29) is 18.2 Å². The molecule has 0 unspecified atom stereocenters. The van der Waals surface area contributed by atoms with Gasteiger partial charge in [-0.05, 0) is 76.0 Å². The van der Waals surface area contributed by atoms with Gasteiger partial charge in [-0.2, -0.15) is 0 Å².